The van der Waals surface area contributed by atoms with Crippen LogP contribution in [-0.2, 0) is 12.8 Å². The molecule has 0 amide bonds. The number of carboxylic acid groups (broad SMARTS) is 1. The fourth-order valence-electron chi connectivity index (χ4n) is 1.93. The number of hydrogen-bond acceptors (Lipinski definition) is 2. The van der Waals surface area contributed by atoms with E-state index in [0.717, 1.165) is 36.1 Å². The Bertz CT molecular complexity index is 371. The molecule has 0 heterocycles. The van der Waals surface area contributed by atoms with Crippen LogP contribution in [0, 0.1) is 0 Å². The predicted octanol–water partition coefficient (Wildman–Crippen LogP) is 1.46. The van der Waals surface area contributed by atoms with Gasteiger partial charge in [-0.2, -0.15) is 0 Å². The van der Waals surface area contributed by atoms with Gasteiger partial charge in [0.2, 0.25) is 0 Å². The highest BCUT2D eigenvalue weighted by molar-refractivity contribution is 5.91. The number of fused-ring (bicyclic) bond motifs is 1. The van der Waals surface area contributed by atoms with Crippen LogP contribution in [0.1, 0.15) is 27.9 Å². The zero-order valence-corrected chi connectivity index (χ0v) is 7.21. The van der Waals surface area contributed by atoms with Gasteiger partial charge in [0.1, 0.15) is 0 Å². The quantitative estimate of drug-likeness (QED) is 0.638. The fraction of sp³-hybridized carbons (Fsp3) is 0.300. The van der Waals surface area contributed by atoms with Crippen molar-refractivity contribution in [1.82, 2.24) is 0 Å². The van der Waals surface area contributed by atoms with Crippen molar-refractivity contribution in [2.24, 2.45) is 0 Å². The lowest BCUT2D eigenvalue weighted by Gasteiger charge is -2.06. The summed E-state index contributed by atoms with van der Waals surface area (Å²) in [6.07, 6.45) is 2.79. The smallest absolute Gasteiger partial charge is 0.335 e. The van der Waals surface area contributed by atoms with Crippen LogP contribution in [0.5, 0.6) is 0 Å². The standard InChI is InChI=1S/C10H11NO2/c11-9-5-4-8(10(12)13)6-2-1-3-7(6)9/h4-5H,1-3,11H2,(H,12,13). The second-order valence-electron chi connectivity index (χ2n) is 3.32. The molecule has 3 nitrogen and oxygen atoms in total. The average molecular weight is 177 g/mol. The molecule has 0 aliphatic heterocycles. The fourth-order valence-corrected chi connectivity index (χ4v) is 1.93. The molecule has 1 aliphatic carbocycles. The number of carbonyl (C=O) groups is 1. The Morgan fingerprint density at radius 1 is 1.31 bits per heavy atom. The van der Waals surface area contributed by atoms with Crippen LogP contribution in [0.4, 0.5) is 5.69 Å². The highest BCUT2D eigenvalue weighted by atomic mass is 16.4. The van der Waals surface area contributed by atoms with E-state index in [9.17, 15) is 4.79 Å². The number of carboxylic acids is 1. The van der Waals surface area contributed by atoms with Crippen LogP contribution in [0.3, 0.4) is 0 Å². The van der Waals surface area contributed by atoms with Crippen LogP contribution in [0.25, 0.3) is 0 Å². The molecule has 0 bridgehead atoms. The number of benzene rings is 1. The van der Waals surface area contributed by atoms with Gasteiger partial charge in [0.15, 0.2) is 0 Å². The first-order valence-electron chi connectivity index (χ1n) is 4.33. The Balaban J connectivity index is 2.62. The normalized spacial score (nSPS) is 14.2. The summed E-state index contributed by atoms with van der Waals surface area (Å²) in [6.45, 7) is 0. The van der Waals surface area contributed by atoms with Crippen molar-refractivity contribution in [3.63, 3.8) is 0 Å². The first-order valence-corrected chi connectivity index (χ1v) is 4.33. The molecule has 68 valence electrons. The lowest BCUT2D eigenvalue weighted by molar-refractivity contribution is 0.0696. The average Bonchev–Trinajstić information content (AvgIpc) is 2.53. The van der Waals surface area contributed by atoms with Gasteiger partial charge >= 0.3 is 5.97 Å². The van der Waals surface area contributed by atoms with E-state index < -0.39 is 5.97 Å². The van der Waals surface area contributed by atoms with Gasteiger partial charge in [-0.15, -0.1) is 0 Å². The number of nitrogen functional groups attached to an aromatic ring is 1. The monoisotopic (exact) mass is 177 g/mol. The van der Waals surface area contributed by atoms with Gasteiger partial charge in [-0.3, -0.25) is 0 Å². The van der Waals surface area contributed by atoms with Crippen molar-refractivity contribution in [3.8, 4) is 0 Å². The number of hydrogen-bond donors (Lipinski definition) is 2. The van der Waals surface area contributed by atoms with Crippen LogP contribution >= 0.6 is 0 Å². The number of aromatic carboxylic acids is 1. The van der Waals surface area contributed by atoms with E-state index in [2.05, 4.69) is 0 Å². The van der Waals surface area contributed by atoms with Gasteiger partial charge in [0, 0.05) is 5.69 Å². The molecule has 0 aromatic heterocycles. The molecule has 2 rings (SSSR count). The molecule has 1 aromatic carbocycles. The van der Waals surface area contributed by atoms with Gasteiger partial charge in [-0.1, -0.05) is 0 Å². The van der Waals surface area contributed by atoms with Gasteiger partial charge < -0.3 is 10.8 Å². The van der Waals surface area contributed by atoms with Crippen LogP contribution < -0.4 is 5.73 Å². The Morgan fingerprint density at radius 2 is 2.00 bits per heavy atom. The van der Waals surface area contributed by atoms with E-state index in [4.69, 9.17) is 10.8 Å². The largest absolute Gasteiger partial charge is 0.478 e. The summed E-state index contributed by atoms with van der Waals surface area (Å²) in [5.41, 5.74) is 8.88. The second kappa shape index (κ2) is 2.76. The first kappa shape index (κ1) is 8.10. The molecule has 0 fully saturated rings. The summed E-state index contributed by atoms with van der Waals surface area (Å²) in [7, 11) is 0. The third-order valence-corrected chi connectivity index (χ3v) is 2.55. The predicted molar refractivity (Wildman–Crippen MR) is 49.8 cm³/mol. The van der Waals surface area contributed by atoms with Crippen molar-refractivity contribution in [2.75, 3.05) is 5.73 Å². The minimum atomic E-state index is -0.849. The van der Waals surface area contributed by atoms with Gasteiger partial charge in [-0.05, 0) is 42.5 Å². The Kier molecular flexibility index (Phi) is 1.72. The molecule has 0 spiro atoms. The summed E-state index contributed by atoms with van der Waals surface area (Å²) in [5.74, 6) is -0.849. The molecule has 1 aliphatic rings. The minimum Gasteiger partial charge on any atom is -0.478 e. The van der Waals surface area contributed by atoms with Gasteiger partial charge in [0.05, 0.1) is 5.56 Å². The summed E-state index contributed by atoms with van der Waals surface area (Å²) < 4.78 is 0. The van der Waals surface area contributed by atoms with Crippen molar-refractivity contribution in [1.29, 1.82) is 0 Å². The molecular weight excluding hydrogens is 166 g/mol. The third-order valence-electron chi connectivity index (χ3n) is 2.55. The Labute approximate surface area is 76.2 Å². The summed E-state index contributed by atoms with van der Waals surface area (Å²) in [6, 6.07) is 3.29. The topological polar surface area (TPSA) is 63.3 Å². The molecule has 0 saturated heterocycles. The molecule has 3 heteroatoms. The highest BCUT2D eigenvalue weighted by Crippen LogP contribution is 2.29. The maximum absolute atomic E-state index is 10.8. The molecule has 0 unspecified atom stereocenters. The van der Waals surface area contributed by atoms with E-state index >= 15 is 0 Å². The van der Waals surface area contributed by atoms with Gasteiger partial charge in [0.25, 0.3) is 0 Å². The minimum absolute atomic E-state index is 0.418. The number of rotatable bonds is 1. The molecule has 0 saturated carbocycles. The lowest BCUT2D eigenvalue weighted by Crippen LogP contribution is -2.03. The SMILES string of the molecule is Nc1ccc(C(=O)O)c2c1CCC2. The molecule has 1 aromatic rings. The third kappa shape index (κ3) is 1.16. The molecule has 13 heavy (non-hydrogen) atoms. The van der Waals surface area contributed by atoms with Crippen molar-refractivity contribution in [3.05, 3.63) is 28.8 Å². The van der Waals surface area contributed by atoms with E-state index in [-0.39, 0.29) is 0 Å². The van der Waals surface area contributed by atoms with E-state index in [1.807, 2.05) is 0 Å². The second-order valence-corrected chi connectivity index (χ2v) is 3.32. The maximum atomic E-state index is 10.8. The zero-order valence-electron chi connectivity index (χ0n) is 7.21. The molecular formula is C10H11NO2. The Morgan fingerprint density at radius 3 is 2.69 bits per heavy atom. The maximum Gasteiger partial charge on any atom is 0.335 e. The van der Waals surface area contributed by atoms with Crippen molar-refractivity contribution < 1.29 is 9.90 Å². The van der Waals surface area contributed by atoms with E-state index in [1.54, 1.807) is 12.1 Å². The van der Waals surface area contributed by atoms with Crippen LogP contribution in [-0.4, -0.2) is 11.1 Å². The van der Waals surface area contributed by atoms with E-state index in [1.165, 1.54) is 0 Å². The number of nitrogens with two attached hydrogens (primary N) is 1. The highest BCUT2D eigenvalue weighted by Gasteiger charge is 2.20. The van der Waals surface area contributed by atoms with E-state index in [0.29, 0.717) is 5.56 Å². The summed E-state index contributed by atoms with van der Waals surface area (Å²) in [5, 5.41) is 8.90. The summed E-state index contributed by atoms with van der Waals surface area (Å²) >= 11 is 0. The molecule has 0 radical (unpaired) electrons. The van der Waals surface area contributed by atoms with Crippen LogP contribution in [0.15, 0.2) is 12.1 Å². The van der Waals surface area contributed by atoms with Crippen LogP contribution in [0.2, 0.25) is 0 Å². The molecule has 3 N–H and O–H groups in total. The van der Waals surface area contributed by atoms with Crippen molar-refractivity contribution in [2.45, 2.75) is 19.3 Å². The van der Waals surface area contributed by atoms with Crippen molar-refractivity contribution >= 4 is 11.7 Å². The molecule has 0 atom stereocenters. The Hall–Kier alpha value is -1.51. The first-order chi connectivity index (χ1) is 6.20. The summed E-state index contributed by atoms with van der Waals surface area (Å²) in [4.78, 5) is 10.8. The van der Waals surface area contributed by atoms with Gasteiger partial charge in [-0.25, -0.2) is 4.79 Å². The number of anilines is 1. The lowest BCUT2D eigenvalue weighted by atomic mass is 10.0. The zero-order chi connectivity index (χ0) is 9.42.